The average Bonchev–Trinajstić information content (AvgIpc) is 4.41. The molecule has 4 saturated heterocycles. The molecule has 0 aromatic rings. The molecule has 0 aromatic carbocycles. The van der Waals surface area contributed by atoms with Crippen molar-refractivity contribution < 1.29 is 76.6 Å². The van der Waals surface area contributed by atoms with E-state index in [4.69, 9.17) is 37.9 Å². The van der Waals surface area contributed by atoms with E-state index in [1.165, 1.54) is 19.3 Å². The van der Waals surface area contributed by atoms with Gasteiger partial charge in [0.1, 0.15) is 29.0 Å². The molecule has 0 radical (unpaired) electrons. The molecule has 4 heterocycles. The van der Waals surface area contributed by atoms with Crippen molar-refractivity contribution in [3.05, 3.63) is 0 Å². The fraction of sp³-hybridized carbons (Fsp3) is 0.892. The number of aliphatic hydroxyl groups is 1. The summed E-state index contributed by atoms with van der Waals surface area (Å²) in [7, 11) is 0. The zero-order valence-electron chi connectivity index (χ0n) is 50.7. The summed E-state index contributed by atoms with van der Waals surface area (Å²) < 4.78 is 50.3. The topological polar surface area (TPSA) is 214 Å². The van der Waals surface area contributed by atoms with Crippen molar-refractivity contribution in [2.75, 3.05) is 13.2 Å². The molecule has 452 valence electrons. The van der Waals surface area contributed by atoms with E-state index in [9.17, 15) is 19.5 Å². The van der Waals surface area contributed by atoms with Gasteiger partial charge in [0.25, 0.3) is 0 Å². The highest BCUT2D eigenvalue weighted by atomic mass is 16.6. The number of esters is 7. The Morgan fingerprint density at radius 3 is 1.73 bits per heavy atom. The fourth-order valence-electron chi connectivity index (χ4n) is 20.4. The maximum Gasteiger partial charge on any atom is 0.347 e. The van der Waals surface area contributed by atoms with Gasteiger partial charge in [0.05, 0.1) is 57.9 Å². The van der Waals surface area contributed by atoms with E-state index in [0.717, 1.165) is 51.4 Å². The monoisotopic (exact) mass is 1130 g/mol. The first-order valence-electron chi connectivity index (χ1n) is 31.6. The van der Waals surface area contributed by atoms with Gasteiger partial charge in [-0.3, -0.25) is 28.8 Å². The van der Waals surface area contributed by atoms with Crippen molar-refractivity contribution in [3.63, 3.8) is 0 Å². The lowest BCUT2D eigenvalue weighted by atomic mass is 9.46. The van der Waals surface area contributed by atoms with Gasteiger partial charge in [0, 0.05) is 30.6 Å². The van der Waals surface area contributed by atoms with Gasteiger partial charge in [-0.2, -0.15) is 0 Å². The second-order valence-electron chi connectivity index (χ2n) is 31.8. The van der Waals surface area contributed by atoms with Gasteiger partial charge in [-0.15, -0.1) is 0 Å². The number of hydrogen-bond donors (Lipinski definition) is 1. The van der Waals surface area contributed by atoms with Crippen LogP contribution in [0.1, 0.15) is 224 Å². The van der Waals surface area contributed by atoms with Crippen LogP contribution >= 0.6 is 0 Å². The molecule has 12 atom stereocenters. The van der Waals surface area contributed by atoms with E-state index in [1.54, 1.807) is 41.5 Å². The first-order chi connectivity index (χ1) is 37.8. The Hall–Kier alpha value is -3.79. The van der Waals surface area contributed by atoms with Crippen LogP contribution in [0.4, 0.5) is 0 Å². The van der Waals surface area contributed by atoms with Crippen LogP contribution in [0.2, 0.25) is 0 Å². The first kappa shape index (κ1) is 59.0. The van der Waals surface area contributed by atoms with Crippen LogP contribution < -0.4 is 0 Å². The van der Waals surface area contributed by atoms with E-state index >= 15 is 19.2 Å². The summed E-state index contributed by atoms with van der Waals surface area (Å²) in [5, 5.41) is 11.7. The molecule has 0 spiro atoms. The van der Waals surface area contributed by atoms with Gasteiger partial charge in [0.2, 0.25) is 6.10 Å². The lowest BCUT2D eigenvalue weighted by Crippen LogP contribution is -2.61. The number of ether oxygens (including phenoxy) is 8. The second-order valence-corrected chi connectivity index (χ2v) is 31.8. The summed E-state index contributed by atoms with van der Waals surface area (Å²) >= 11 is 0. The van der Waals surface area contributed by atoms with Crippen molar-refractivity contribution >= 4 is 41.8 Å². The maximum absolute atomic E-state index is 16.1. The predicted molar refractivity (Wildman–Crippen MR) is 293 cm³/mol. The van der Waals surface area contributed by atoms with Crippen LogP contribution in [-0.4, -0.2) is 107 Å². The Balaban J connectivity index is 0.968. The summed E-state index contributed by atoms with van der Waals surface area (Å²) in [6.07, 6.45) is 10.2. The Bertz CT molecular complexity index is 2490. The molecule has 81 heavy (non-hydrogen) atoms. The third kappa shape index (κ3) is 10.5. The van der Waals surface area contributed by atoms with Crippen LogP contribution in [0.3, 0.4) is 0 Å². The number of hydrogen-bond acceptors (Lipinski definition) is 16. The molecule has 16 nitrogen and oxygen atoms in total. The Morgan fingerprint density at radius 1 is 0.630 bits per heavy atom. The standard InChI is InChI=1S/C65H96O16/c1-12-58(8,54(71)80-64-29-41-22-42(30-64)28-63(73,27-41)36-64)33-60(10,53(70)78-46-23-45-47-43(48(46)76-45)31-75-50(47)67)35-61(11,52(69)77-44-15-18-74-49(44)66)34-59(9,32-56(4,5)51(68)81-65(37(2)3)16-13-14-17-65)55(72)79-57(6,7)62-24-38-19-39(25-62)21-40(20-38)26-62/h37-48,73H,12-36H2,1-11H3. The SMILES string of the molecule is CCC(C)(CC(C)(CC(C)(CC(C)(CC(C)(C)C(=O)OC1(C(C)C)CCCC1)C(=O)OC(C)(C)C12CC3CC(CC(C3)C1)C2)C(=O)OC1CCOC1=O)C(=O)OC1CC2OC1C1COC(=O)C21)C(=O)OC12CC3CC(CC(O)(C3)C1)C2. The van der Waals surface area contributed by atoms with Crippen LogP contribution in [0.15, 0.2) is 0 Å². The molecule has 13 fully saturated rings. The minimum Gasteiger partial charge on any atom is -0.465 e. The minimum absolute atomic E-state index is 0.0383. The third-order valence-corrected chi connectivity index (χ3v) is 23.8. The van der Waals surface area contributed by atoms with Crippen LogP contribution in [0.25, 0.3) is 0 Å². The molecular weight excluding hydrogens is 1040 g/mol. The number of cyclic esters (lactones) is 2. The normalized spacial score (nSPS) is 39.7. The van der Waals surface area contributed by atoms with Crippen LogP contribution in [0.5, 0.6) is 0 Å². The smallest absolute Gasteiger partial charge is 0.347 e. The number of carbonyl (C=O) groups excluding carboxylic acids is 7. The summed E-state index contributed by atoms with van der Waals surface area (Å²) in [5.41, 5.74) is -11.5. The van der Waals surface area contributed by atoms with Crippen molar-refractivity contribution in [2.45, 2.75) is 271 Å². The summed E-state index contributed by atoms with van der Waals surface area (Å²) in [6.45, 7) is 20.7. The van der Waals surface area contributed by atoms with Gasteiger partial charge in [-0.1, -0.05) is 20.8 Å². The van der Waals surface area contributed by atoms with Gasteiger partial charge in [0.15, 0.2) is 0 Å². The quantitative estimate of drug-likeness (QED) is 0.0836. The zero-order valence-corrected chi connectivity index (χ0v) is 50.7. The molecule has 10 bridgehead atoms. The molecule has 12 unspecified atom stereocenters. The van der Waals surface area contributed by atoms with Gasteiger partial charge >= 0.3 is 41.8 Å². The Labute approximate surface area is 480 Å². The number of rotatable bonds is 21. The van der Waals surface area contributed by atoms with E-state index < -0.39 is 116 Å². The van der Waals surface area contributed by atoms with Crippen LogP contribution in [0, 0.1) is 79.8 Å². The molecule has 0 aromatic heterocycles. The summed E-state index contributed by atoms with van der Waals surface area (Å²) in [4.78, 5) is 104. The Kier molecular flexibility index (Phi) is 14.7. The predicted octanol–water partition coefficient (Wildman–Crippen LogP) is 10.4. The van der Waals surface area contributed by atoms with E-state index in [1.807, 2.05) is 20.8 Å². The fourth-order valence-corrected chi connectivity index (χ4v) is 20.4. The van der Waals surface area contributed by atoms with E-state index in [2.05, 4.69) is 13.8 Å². The molecular formula is C65H96O16. The van der Waals surface area contributed by atoms with Crippen molar-refractivity contribution in [1.82, 2.24) is 0 Å². The molecule has 13 aliphatic rings. The second kappa shape index (κ2) is 20.2. The van der Waals surface area contributed by atoms with Gasteiger partial charge in [-0.25, -0.2) is 4.79 Å². The molecule has 1 N–H and O–H groups in total. The number of fused-ring (bicyclic) bond motifs is 5. The van der Waals surface area contributed by atoms with Crippen molar-refractivity contribution in [2.24, 2.45) is 79.8 Å². The van der Waals surface area contributed by atoms with E-state index in [-0.39, 0.29) is 93.2 Å². The zero-order chi connectivity index (χ0) is 58.3. The average molecular weight is 1130 g/mol. The Morgan fingerprint density at radius 2 is 1.19 bits per heavy atom. The molecule has 13 rings (SSSR count). The van der Waals surface area contributed by atoms with Gasteiger partial charge < -0.3 is 43.0 Å². The first-order valence-corrected chi connectivity index (χ1v) is 31.6. The van der Waals surface area contributed by atoms with Gasteiger partial charge in [-0.05, 0) is 219 Å². The number of carbonyl (C=O) groups is 7. The summed E-state index contributed by atoms with van der Waals surface area (Å²) in [6, 6.07) is 0. The molecule has 9 aliphatic carbocycles. The third-order valence-electron chi connectivity index (χ3n) is 23.8. The highest BCUT2D eigenvalue weighted by Crippen LogP contribution is 2.66. The lowest BCUT2D eigenvalue weighted by molar-refractivity contribution is -0.227. The van der Waals surface area contributed by atoms with Crippen molar-refractivity contribution in [3.8, 4) is 0 Å². The molecule has 4 aliphatic heterocycles. The van der Waals surface area contributed by atoms with Crippen LogP contribution in [-0.2, 0) is 71.5 Å². The highest BCUT2D eigenvalue weighted by molar-refractivity contribution is 5.87. The van der Waals surface area contributed by atoms with E-state index in [0.29, 0.717) is 49.9 Å². The van der Waals surface area contributed by atoms with Crippen molar-refractivity contribution in [1.29, 1.82) is 0 Å². The maximum atomic E-state index is 16.1. The largest absolute Gasteiger partial charge is 0.465 e. The molecule has 9 saturated carbocycles. The highest BCUT2D eigenvalue weighted by Gasteiger charge is 2.66. The minimum atomic E-state index is -1.83. The molecule has 0 amide bonds. The summed E-state index contributed by atoms with van der Waals surface area (Å²) in [5.74, 6) is -2.77. The lowest BCUT2D eigenvalue weighted by Gasteiger charge is -2.61. The molecule has 16 heteroatoms.